The van der Waals surface area contributed by atoms with Gasteiger partial charge in [-0.2, -0.15) is 0 Å². The molecule has 5 rings (SSSR count). The van der Waals surface area contributed by atoms with Crippen LogP contribution < -0.4 is 5.32 Å². The lowest BCUT2D eigenvalue weighted by atomic mass is 9.88. The van der Waals surface area contributed by atoms with E-state index >= 15 is 0 Å². The topological polar surface area (TPSA) is 46.0 Å². The van der Waals surface area contributed by atoms with E-state index in [2.05, 4.69) is 74.6 Å². The predicted octanol–water partition coefficient (Wildman–Crippen LogP) is 6.86. The summed E-state index contributed by atoms with van der Waals surface area (Å²) in [6.07, 6.45) is 0. The maximum atomic E-state index is 6.05. The van der Waals surface area contributed by atoms with Gasteiger partial charge in [0.2, 0.25) is 5.90 Å². The van der Waals surface area contributed by atoms with Gasteiger partial charge in [0.25, 0.3) is 0 Å². The number of benzene rings is 3. The average molecular weight is 456 g/mol. The molecular formula is C28H29N3OS. The molecule has 0 bridgehead atoms. The van der Waals surface area contributed by atoms with Gasteiger partial charge in [0.15, 0.2) is 0 Å². The molecular weight excluding hydrogens is 426 g/mol. The zero-order valence-electron chi connectivity index (χ0n) is 19.3. The van der Waals surface area contributed by atoms with Crippen molar-refractivity contribution in [2.75, 3.05) is 17.7 Å². The van der Waals surface area contributed by atoms with Crippen molar-refractivity contribution in [1.82, 2.24) is 0 Å². The van der Waals surface area contributed by atoms with E-state index in [1.165, 1.54) is 5.56 Å². The zero-order valence-corrected chi connectivity index (χ0v) is 20.1. The Bertz CT molecular complexity index is 1200. The van der Waals surface area contributed by atoms with E-state index in [0.29, 0.717) is 18.5 Å². The molecule has 0 radical (unpaired) electrons. The molecule has 0 spiro atoms. The van der Waals surface area contributed by atoms with Crippen LogP contribution in [0, 0.1) is 5.41 Å². The van der Waals surface area contributed by atoms with Gasteiger partial charge in [-0.1, -0.05) is 81.4 Å². The van der Waals surface area contributed by atoms with Crippen LogP contribution in [0.2, 0.25) is 0 Å². The molecule has 0 unspecified atom stereocenters. The van der Waals surface area contributed by atoms with E-state index < -0.39 is 0 Å². The molecule has 4 nitrogen and oxygen atoms in total. The van der Waals surface area contributed by atoms with Gasteiger partial charge in [-0.25, -0.2) is 4.99 Å². The lowest BCUT2D eigenvalue weighted by molar-refractivity contribution is 0.320. The lowest BCUT2D eigenvalue weighted by Crippen LogP contribution is -2.24. The van der Waals surface area contributed by atoms with Gasteiger partial charge in [0.1, 0.15) is 17.7 Å². The van der Waals surface area contributed by atoms with E-state index in [4.69, 9.17) is 14.7 Å². The molecule has 0 amide bonds. The van der Waals surface area contributed by atoms with E-state index in [-0.39, 0.29) is 11.5 Å². The maximum absolute atomic E-state index is 6.05. The first-order valence-electron chi connectivity index (χ1n) is 11.4. The summed E-state index contributed by atoms with van der Waals surface area (Å²) >= 11 is 1.84. The Hall–Kier alpha value is -3.05. The first-order valence-corrected chi connectivity index (χ1v) is 12.4. The maximum Gasteiger partial charge on any atom is 0.219 e. The highest BCUT2D eigenvalue weighted by atomic mass is 32.2. The minimum absolute atomic E-state index is 0.0279. The highest BCUT2D eigenvalue weighted by Crippen LogP contribution is 2.36. The standard InChI is InChI=1S/C28H29N3OS/c1-28(2,3)25-18-33-27(31-25)21-14-8-10-16-23(21)29-22-15-9-7-13-20(22)26-30-24(17-32-26)19-11-5-4-6-12-19/h4-16,24-25,29H,17-18H2,1-3H3/t24-,25-/m1/s1. The normalized spacial score (nSPS) is 20.2. The highest BCUT2D eigenvalue weighted by Gasteiger charge is 2.30. The number of ether oxygens (including phenoxy) is 1. The van der Waals surface area contributed by atoms with Crippen LogP contribution in [0.25, 0.3) is 0 Å². The van der Waals surface area contributed by atoms with Crippen molar-refractivity contribution in [3.8, 4) is 0 Å². The van der Waals surface area contributed by atoms with Gasteiger partial charge in [-0.3, -0.25) is 4.99 Å². The monoisotopic (exact) mass is 455 g/mol. The zero-order chi connectivity index (χ0) is 22.8. The fourth-order valence-corrected chi connectivity index (χ4v) is 5.46. The molecule has 0 aromatic heterocycles. The van der Waals surface area contributed by atoms with Crippen LogP contribution >= 0.6 is 11.8 Å². The molecule has 0 fully saturated rings. The van der Waals surface area contributed by atoms with E-state index in [0.717, 1.165) is 33.3 Å². The highest BCUT2D eigenvalue weighted by molar-refractivity contribution is 8.14. The van der Waals surface area contributed by atoms with Crippen molar-refractivity contribution >= 4 is 34.1 Å². The van der Waals surface area contributed by atoms with E-state index in [9.17, 15) is 0 Å². The summed E-state index contributed by atoms with van der Waals surface area (Å²) < 4.78 is 6.05. The molecule has 0 aliphatic carbocycles. The third-order valence-electron chi connectivity index (χ3n) is 6.07. The summed E-state index contributed by atoms with van der Waals surface area (Å²) in [5.41, 5.74) is 5.47. The second kappa shape index (κ2) is 9.06. The summed E-state index contributed by atoms with van der Waals surface area (Å²) in [4.78, 5) is 9.96. The first kappa shape index (κ1) is 21.8. The van der Waals surface area contributed by atoms with Gasteiger partial charge >= 0.3 is 0 Å². The van der Waals surface area contributed by atoms with Gasteiger partial charge in [0, 0.05) is 17.0 Å². The minimum Gasteiger partial charge on any atom is -0.475 e. The van der Waals surface area contributed by atoms with E-state index in [1.807, 2.05) is 42.1 Å². The van der Waals surface area contributed by atoms with E-state index in [1.54, 1.807) is 0 Å². The van der Waals surface area contributed by atoms with Crippen LogP contribution in [0.15, 0.2) is 88.8 Å². The van der Waals surface area contributed by atoms with Crippen molar-refractivity contribution in [2.24, 2.45) is 15.4 Å². The third kappa shape index (κ3) is 4.69. The first-order chi connectivity index (χ1) is 16.0. The van der Waals surface area contributed by atoms with Gasteiger partial charge in [-0.15, -0.1) is 11.8 Å². The predicted molar refractivity (Wildman–Crippen MR) is 140 cm³/mol. The van der Waals surface area contributed by atoms with Crippen molar-refractivity contribution in [3.63, 3.8) is 0 Å². The Morgan fingerprint density at radius 3 is 2.15 bits per heavy atom. The van der Waals surface area contributed by atoms with Crippen LogP contribution in [0.5, 0.6) is 0 Å². The van der Waals surface area contributed by atoms with Crippen LogP contribution in [0.4, 0.5) is 11.4 Å². The number of hydrogen-bond donors (Lipinski definition) is 1. The van der Waals surface area contributed by atoms with Crippen LogP contribution in [0.1, 0.15) is 43.5 Å². The quantitative estimate of drug-likeness (QED) is 0.457. The molecule has 168 valence electrons. The van der Waals surface area contributed by atoms with Gasteiger partial charge in [-0.05, 0) is 29.2 Å². The summed E-state index contributed by atoms with van der Waals surface area (Å²) in [6, 6.07) is 27.3. The van der Waals surface area contributed by atoms with Crippen LogP contribution in [-0.4, -0.2) is 29.3 Å². The number of nitrogens with zero attached hydrogens (tertiary/aromatic N) is 2. The number of para-hydroxylation sites is 2. The molecule has 0 saturated carbocycles. The SMILES string of the molecule is CC(C)(C)[C@H]1CSC(c2ccccc2Nc2ccccc2C2=N[C@@H](c3ccccc3)CO2)=N1. The Morgan fingerprint density at radius 1 is 0.818 bits per heavy atom. The Balaban J connectivity index is 1.44. The van der Waals surface area contributed by atoms with Crippen molar-refractivity contribution in [1.29, 1.82) is 0 Å². The molecule has 1 N–H and O–H groups in total. The van der Waals surface area contributed by atoms with Crippen molar-refractivity contribution in [2.45, 2.75) is 32.9 Å². The molecule has 0 saturated heterocycles. The summed E-state index contributed by atoms with van der Waals surface area (Å²) in [5.74, 6) is 1.71. The number of aliphatic imine (C=N–C) groups is 2. The largest absolute Gasteiger partial charge is 0.475 e. The van der Waals surface area contributed by atoms with Crippen molar-refractivity contribution in [3.05, 3.63) is 95.6 Å². The smallest absolute Gasteiger partial charge is 0.219 e. The molecule has 2 atom stereocenters. The molecule has 3 aromatic rings. The average Bonchev–Trinajstić information content (AvgIpc) is 3.51. The summed E-state index contributed by atoms with van der Waals surface area (Å²) in [6.45, 7) is 7.34. The number of nitrogens with one attached hydrogen (secondary N) is 1. The molecule has 2 aliphatic rings. The van der Waals surface area contributed by atoms with Crippen molar-refractivity contribution < 1.29 is 4.74 Å². The van der Waals surface area contributed by atoms with Crippen LogP contribution in [0.3, 0.4) is 0 Å². The summed E-state index contributed by atoms with van der Waals surface area (Å²) in [7, 11) is 0. The lowest BCUT2D eigenvalue weighted by Gasteiger charge is -2.23. The second-order valence-corrected chi connectivity index (χ2v) is 10.5. The Kier molecular flexibility index (Phi) is 5.98. The number of thioether (sulfide) groups is 1. The third-order valence-corrected chi connectivity index (χ3v) is 7.15. The molecule has 3 aromatic carbocycles. The second-order valence-electron chi connectivity index (χ2n) is 9.51. The Morgan fingerprint density at radius 2 is 1.45 bits per heavy atom. The Labute approximate surface area is 200 Å². The summed E-state index contributed by atoms with van der Waals surface area (Å²) in [5, 5.41) is 4.75. The minimum atomic E-state index is 0.0279. The molecule has 2 aliphatic heterocycles. The van der Waals surface area contributed by atoms with Gasteiger partial charge in [0.05, 0.1) is 17.3 Å². The number of hydrogen-bond acceptors (Lipinski definition) is 5. The molecule has 5 heteroatoms. The van der Waals surface area contributed by atoms with Gasteiger partial charge < -0.3 is 10.1 Å². The molecule has 2 heterocycles. The molecule has 33 heavy (non-hydrogen) atoms. The number of rotatable bonds is 5. The fraction of sp³-hybridized carbons (Fsp3) is 0.286. The van der Waals surface area contributed by atoms with Crippen LogP contribution in [-0.2, 0) is 4.74 Å². The fourth-order valence-electron chi connectivity index (χ4n) is 4.03. The number of anilines is 2.